The van der Waals surface area contributed by atoms with Crippen LogP contribution in [0.3, 0.4) is 0 Å². The quantitative estimate of drug-likeness (QED) is 0.352. The first kappa shape index (κ1) is 5.48. The highest BCUT2D eigenvalue weighted by atomic mass is 13.8. The Kier molecular flexibility index (Phi) is 2.47. The number of hydrogen-bond donors (Lipinski definition) is 0. The maximum absolute atomic E-state index is 3.61. The Hall–Kier alpha value is -0.520. The fraction of sp³-hybridized carbons (Fsp3) is 0.167. The van der Waals surface area contributed by atoms with E-state index in [0.717, 1.165) is 12.0 Å². The monoisotopic (exact) mass is 81.1 g/mol. The van der Waals surface area contributed by atoms with Crippen LogP contribution in [-0.4, -0.2) is 0 Å². The SMILES string of the molecule is C=CC(=C)C[CH2-]. The van der Waals surface area contributed by atoms with Crippen LogP contribution in [0.2, 0.25) is 0 Å². The lowest BCUT2D eigenvalue weighted by molar-refractivity contribution is 1.31. The van der Waals surface area contributed by atoms with E-state index in [1.54, 1.807) is 6.08 Å². The smallest absolute Gasteiger partial charge is 0.0695 e. The first-order chi connectivity index (χ1) is 2.81. The summed E-state index contributed by atoms with van der Waals surface area (Å²) in [6.45, 7) is 10.7. The number of allylic oxidation sites excluding steroid dienone is 2. The maximum Gasteiger partial charge on any atom is -0.0695 e. The topological polar surface area (TPSA) is 0 Å². The van der Waals surface area contributed by atoms with Gasteiger partial charge in [-0.15, -0.1) is 0 Å². The van der Waals surface area contributed by atoms with Gasteiger partial charge in [0.1, 0.15) is 0 Å². The zero-order valence-electron chi connectivity index (χ0n) is 3.91. The van der Waals surface area contributed by atoms with Gasteiger partial charge in [0, 0.05) is 0 Å². The zero-order valence-corrected chi connectivity index (χ0v) is 3.91. The molecule has 0 aliphatic carbocycles. The van der Waals surface area contributed by atoms with Gasteiger partial charge in [0.05, 0.1) is 0 Å². The summed E-state index contributed by atoms with van der Waals surface area (Å²) in [6, 6.07) is 0. The van der Waals surface area contributed by atoms with E-state index in [1.807, 2.05) is 0 Å². The third-order valence-electron chi connectivity index (χ3n) is 0.610. The van der Waals surface area contributed by atoms with E-state index in [0.29, 0.717) is 0 Å². The second-order valence-corrected chi connectivity index (χ2v) is 1.11. The number of rotatable bonds is 2. The molecule has 0 spiro atoms. The summed E-state index contributed by atoms with van der Waals surface area (Å²) >= 11 is 0. The predicted octanol–water partition coefficient (Wildman–Crippen LogP) is 1.95. The molecule has 0 bridgehead atoms. The van der Waals surface area contributed by atoms with Crippen molar-refractivity contribution in [3.05, 3.63) is 31.7 Å². The van der Waals surface area contributed by atoms with Crippen molar-refractivity contribution in [3.8, 4) is 0 Å². The van der Waals surface area contributed by atoms with Crippen molar-refractivity contribution in [3.63, 3.8) is 0 Å². The molecular formula is C6H9-. The molecule has 0 aliphatic heterocycles. The maximum atomic E-state index is 3.61. The lowest BCUT2D eigenvalue weighted by Gasteiger charge is -1.90. The van der Waals surface area contributed by atoms with E-state index in [2.05, 4.69) is 20.1 Å². The highest BCUT2D eigenvalue weighted by Gasteiger charge is 1.66. The van der Waals surface area contributed by atoms with E-state index in [4.69, 9.17) is 0 Å². The molecular weight excluding hydrogens is 72.1 g/mol. The van der Waals surface area contributed by atoms with Crippen LogP contribution in [0.5, 0.6) is 0 Å². The Morgan fingerprint density at radius 3 is 2.33 bits per heavy atom. The minimum Gasteiger partial charge on any atom is -0.339 e. The summed E-state index contributed by atoms with van der Waals surface area (Å²) in [5, 5.41) is 0. The third-order valence-corrected chi connectivity index (χ3v) is 0.610. The van der Waals surface area contributed by atoms with Crippen LogP contribution in [0.15, 0.2) is 24.8 Å². The lowest BCUT2D eigenvalue weighted by Crippen LogP contribution is -1.63. The van der Waals surface area contributed by atoms with Crippen molar-refractivity contribution in [2.45, 2.75) is 6.42 Å². The van der Waals surface area contributed by atoms with Crippen LogP contribution in [0.25, 0.3) is 0 Å². The molecule has 0 aromatic rings. The highest BCUT2D eigenvalue weighted by molar-refractivity contribution is 5.10. The first-order valence-electron chi connectivity index (χ1n) is 1.90. The fourth-order valence-electron chi connectivity index (χ4n) is 0.102. The zero-order chi connectivity index (χ0) is 4.99. The molecule has 0 amide bonds. The number of hydrogen-bond acceptors (Lipinski definition) is 0. The molecule has 0 radical (unpaired) electrons. The van der Waals surface area contributed by atoms with Crippen molar-refractivity contribution < 1.29 is 0 Å². The molecule has 0 aromatic heterocycles. The van der Waals surface area contributed by atoms with Crippen molar-refractivity contribution in [2.75, 3.05) is 0 Å². The Labute approximate surface area is 39.2 Å². The highest BCUT2D eigenvalue weighted by Crippen LogP contribution is 1.92. The van der Waals surface area contributed by atoms with E-state index >= 15 is 0 Å². The molecule has 0 aliphatic rings. The van der Waals surface area contributed by atoms with Crippen LogP contribution < -0.4 is 0 Å². The van der Waals surface area contributed by atoms with Gasteiger partial charge in [-0.1, -0.05) is 24.8 Å². The van der Waals surface area contributed by atoms with Gasteiger partial charge in [0.2, 0.25) is 0 Å². The molecule has 34 valence electrons. The normalized spacial score (nSPS) is 7.50. The van der Waals surface area contributed by atoms with Gasteiger partial charge in [-0.2, -0.15) is 6.42 Å². The molecule has 0 atom stereocenters. The fourth-order valence-corrected chi connectivity index (χ4v) is 0.102. The minimum absolute atomic E-state index is 0.767. The molecule has 0 unspecified atom stereocenters. The molecule has 0 fully saturated rings. The third kappa shape index (κ3) is 1.77. The van der Waals surface area contributed by atoms with Gasteiger partial charge in [0.15, 0.2) is 0 Å². The van der Waals surface area contributed by atoms with Crippen molar-refractivity contribution in [1.82, 2.24) is 0 Å². The van der Waals surface area contributed by atoms with Crippen LogP contribution in [0, 0.1) is 6.92 Å². The van der Waals surface area contributed by atoms with Gasteiger partial charge in [-0.3, -0.25) is 0 Å². The average molecular weight is 81.1 g/mol. The van der Waals surface area contributed by atoms with Crippen LogP contribution >= 0.6 is 0 Å². The van der Waals surface area contributed by atoms with Crippen LogP contribution in [0.4, 0.5) is 0 Å². The molecule has 0 rings (SSSR count). The second-order valence-electron chi connectivity index (χ2n) is 1.11. The molecule has 0 nitrogen and oxygen atoms in total. The average Bonchev–Trinajstić information content (AvgIpc) is 1.65. The van der Waals surface area contributed by atoms with Crippen LogP contribution in [-0.2, 0) is 0 Å². The van der Waals surface area contributed by atoms with Crippen molar-refractivity contribution in [2.24, 2.45) is 0 Å². The molecule has 0 heteroatoms. The predicted molar refractivity (Wildman–Crippen MR) is 29.3 cm³/mol. The van der Waals surface area contributed by atoms with Crippen LogP contribution in [0.1, 0.15) is 6.42 Å². The summed E-state index contributed by atoms with van der Waals surface area (Å²) in [5.74, 6) is 0. The summed E-state index contributed by atoms with van der Waals surface area (Å²) in [7, 11) is 0. The van der Waals surface area contributed by atoms with Crippen molar-refractivity contribution >= 4 is 0 Å². The van der Waals surface area contributed by atoms with Gasteiger partial charge >= 0.3 is 0 Å². The molecule has 6 heavy (non-hydrogen) atoms. The van der Waals surface area contributed by atoms with E-state index in [1.165, 1.54) is 0 Å². The largest absolute Gasteiger partial charge is 0.339 e. The summed E-state index contributed by atoms with van der Waals surface area (Å²) in [6.07, 6.45) is 2.48. The van der Waals surface area contributed by atoms with E-state index in [9.17, 15) is 0 Å². The van der Waals surface area contributed by atoms with Gasteiger partial charge < -0.3 is 6.92 Å². The molecule has 0 saturated carbocycles. The lowest BCUT2D eigenvalue weighted by atomic mass is 10.2. The molecule has 0 aromatic carbocycles. The summed E-state index contributed by atoms with van der Waals surface area (Å²) < 4.78 is 0. The van der Waals surface area contributed by atoms with Gasteiger partial charge in [-0.05, 0) is 0 Å². The van der Waals surface area contributed by atoms with E-state index in [-0.39, 0.29) is 0 Å². The Morgan fingerprint density at radius 1 is 1.83 bits per heavy atom. The minimum atomic E-state index is 0.767. The van der Waals surface area contributed by atoms with Gasteiger partial charge in [-0.25, -0.2) is 0 Å². The van der Waals surface area contributed by atoms with Crippen molar-refractivity contribution in [1.29, 1.82) is 0 Å². The molecule has 0 saturated heterocycles. The molecule has 0 N–H and O–H groups in total. The summed E-state index contributed by atoms with van der Waals surface area (Å²) in [5.41, 5.74) is 0.995. The second kappa shape index (κ2) is 2.70. The first-order valence-corrected chi connectivity index (χ1v) is 1.90. The summed E-state index contributed by atoms with van der Waals surface area (Å²) in [4.78, 5) is 0. The Bertz CT molecular complexity index is 60.4. The standard InChI is InChI=1S/C6H9/c1-4-6(3)5-2/h4H,1-3,5H2/q-1. The Balaban J connectivity index is 3.23. The molecule has 0 heterocycles. The van der Waals surface area contributed by atoms with Gasteiger partial charge in [0.25, 0.3) is 0 Å². The Morgan fingerprint density at radius 2 is 2.33 bits per heavy atom. The van der Waals surface area contributed by atoms with E-state index < -0.39 is 0 Å².